The highest BCUT2D eigenvalue weighted by Gasteiger charge is 2.30. The maximum atomic E-state index is 13.0. The van der Waals surface area contributed by atoms with Gasteiger partial charge in [0, 0.05) is 18.9 Å². The second-order valence-electron chi connectivity index (χ2n) is 6.75. The van der Waals surface area contributed by atoms with Crippen molar-refractivity contribution >= 4 is 5.91 Å². The highest BCUT2D eigenvalue weighted by Crippen LogP contribution is 2.30. The smallest absolute Gasteiger partial charge is 0.394 e. The molecule has 3 rings (SSSR count). The van der Waals surface area contributed by atoms with E-state index in [4.69, 9.17) is 4.74 Å². The summed E-state index contributed by atoms with van der Waals surface area (Å²) in [5.41, 5.74) is -1.30. The third-order valence-corrected chi connectivity index (χ3v) is 4.48. The Morgan fingerprint density at radius 3 is 2.53 bits per heavy atom. The second kappa shape index (κ2) is 9.71. The van der Waals surface area contributed by atoms with E-state index < -0.39 is 35.9 Å². The van der Waals surface area contributed by atoms with E-state index in [9.17, 15) is 27.9 Å². The number of methoxy groups -OCH3 is 1. The molecule has 0 bridgehead atoms. The van der Waals surface area contributed by atoms with Crippen molar-refractivity contribution in [2.75, 3.05) is 20.3 Å². The molecule has 0 unspecified atom stereocenters. The summed E-state index contributed by atoms with van der Waals surface area (Å²) in [4.78, 5) is 29.7. The molecular formula is C21H19F3N4O4. The number of hydrogen-bond donors (Lipinski definition) is 2. The van der Waals surface area contributed by atoms with Crippen molar-refractivity contribution in [1.29, 1.82) is 0 Å². The maximum absolute atomic E-state index is 13.0. The van der Waals surface area contributed by atoms with E-state index in [1.807, 2.05) is 0 Å². The van der Waals surface area contributed by atoms with Gasteiger partial charge in [0.05, 0.1) is 42.4 Å². The highest BCUT2D eigenvalue weighted by atomic mass is 19.4. The van der Waals surface area contributed by atoms with E-state index in [-0.39, 0.29) is 29.1 Å². The summed E-state index contributed by atoms with van der Waals surface area (Å²) < 4.78 is 44.5. The molecule has 0 aliphatic rings. The largest absolute Gasteiger partial charge is 0.416 e. The van der Waals surface area contributed by atoms with Gasteiger partial charge in [-0.2, -0.15) is 23.0 Å². The van der Waals surface area contributed by atoms with Crippen LogP contribution in [0.3, 0.4) is 0 Å². The number of carbonyl (C=O) groups is 1. The first-order chi connectivity index (χ1) is 15.2. The Balaban J connectivity index is 2.11. The average Bonchev–Trinajstić information content (AvgIpc) is 2.79. The first-order valence-electron chi connectivity index (χ1n) is 9.37. The van der Waals surface area contributed by atoms with Crippen molar-refractivity contribution in [2.45, 2.75) is 12.2 Å². The SMILES string of the molecule is COC[C@H](CO)NC(=O)c1cc(-c2ccc(C(F)(F)F)cc2)nn(-c2cccnc2)c1=O. The number of hydrogen-bond acceptors (Lipinski definition) is 6. The van der Waals surface area contributed by atoms with E-state index in [1.165, 1.54) is 37.7 Å². The quantitative estimate of drug-likeness (QED) is 0.573. The first-order valence-corrected chi connectivity index (χ1v) is 9.37. The molecule has 3 aromatic rings. The third kappa shape index (κ3) is 5.18. The molecule has 2 N–H and O–H groups in total. The number of nitrogens with zero attached hydrogens (tertiary/aromatic N) is 3. The van der Waals surface area contributed by atoms with Crippen LogP contribution < -0.4 is 10.9 Å². The van der Waals surface area contributed by atoms with Crippen LogP contribution in [0.1, 0.15) is 15.9 Å². The van der Waals surface area contributed by atoms with Gasteiger partial charge in [-0.15, -0.1) is 0 Å². The van der Waals surface area contributed by atoms with Crippen molar-refractivity contribution in [2.24, 2.45) is 0 Å². The summed E-state index contributed by atoms with van der Waals surface area (Å²) >= 11 is 0. The van der Waals surface area contributed by atoms with Gasteiger partial charge in [0.25, 0.3) is 11.5 Å². The Labute approximate surface area is 180 Å². The molecule has 2 heterocycles. The van der Waals surface area contributed by atoms with Crippen LogP contribution in [-0.4, -0.2) is 52.1 Å². The fourth-order valence-electron chi connectivity index (χ4n) is 2.89. The first kappa shape index (κ1) is 23.1. The van der Waals surface area contributed by atoms with Gasteiger partial charge >= 0.3 is 6.18 Å². The Morgan fingerprint density at radius 2 is 1.97 bits per heavy atom. The van der Waals surface area contributed by atoms with Crippen LogP contribution in [0, 0.1) is 0 Å². The molecule has 0 aliphatic carbocycles. The number of carbonyl (C=O) groups excluding carboxylic acids is 1. The zero-order valence-corrected chi connectivity index (χ0v) is 16.8. The zero-order chi connectivity index (χ0) is 23.3. The predicted molar refractivity (Wildman–Crippen MR) is 108 cm³/mol. The van der Waals surface area contributed by atoms with Crippen LogP contribution in [0.25, 0.3) is 16.9 Å². The van der Waals surface area contributed by atoms with E-state index in [2.05, 4.69) is 15.4 Å². The summed E-state index contributed by atoms with van der Waals surface area (Å²) in [6.45, 7) is -0.414. The minimum absolute atomic E-state index is 0.00980. The van der Waals surface area contributed by atoms with Crippen LogP contribution in [0.2, 0.25) is 0 Å². The van der Waals surface area contributed by atoms with Gasteiger partial charge in [0.15, 0.2) is 0 Å². The molecule has 8 nitrogen and oxygen atoms in total. The molecule has 0 aliphatic heterocycles. The molecule has 1 amide bonds. The monoisotopic (exact) mass is 448 g/mol. The summed E-state index contributed by atoms with van der Waals surface area (Å²) in [6, 6.07) is 7.71. The van der Waals surface area contributed by atoms with Gasteiger partial charge in [-0.05, 0) is 30.3 Å². The Morgan fingerprint density at radius 1 is 1.25 bits per heavy atom. The number of benzene rings is 1. The summed E-state index contributed by atoms with van der Waals surface area (Å²) in [5.74, 6) is -0.792. The van der Waals surface area contributed by atoms with Crippen LogP contribution in [0.15, 0.2) is 59.7 Å². The normalized spacial score (nSPS) is 12.4. The Kier molecular flexibility index (Phi) is 7.01. The minimum atomic E-state index is -4.51. The number of aromatic nitrogens is 3. The molecule has 0 radical (unpaired) electrons. The van der Waals surface area contributed by atoms with Gasteiger partial charge in [0.1, 0.15) is 5.56 Å². The second-order valence-corrected chi connectivity index (χ2v) is 6.75. The maximum Gasteiger partial charge on any atom is 0.416 e. The molecule has 1 atom stereocenters. The fourth-order valence-corrected chi connectivity index (χ4v) is 2.89. The van der Waals surface area contributed by atoms with E-state index in [0.29, 0.717) is 0 Å². The Bertz CT molecular complexity index is 1130. The zero-order valence-electron chi connectivity index (χ0n) is 16.8. The average molecular weight is 448 g/mol. The van der Waals surface area contributed by atoms with Crippen LogP contribution in [-0.2, 0) is 10.9 Å². The van der Waals surface area contributed by atoms with Gasteiger partial charge < -0.3 is 15.2 Å². The van der Waals surface area contributed by atoms with Crippen molar-refractivity contribution in [1.82, 2.24) is 20.1 Å². The van der Waals surface area contributed by atoms with E-state index in [0.717, 1.165) is 16.8 Å². The van der Waals surface area contributed by atoms with Crippen molar-refractivity contribution in [3.8, 4) is 16.9 Å². The van der Waals surface area contributed by atoms with Crippen molar-refractivity contribution in [3.63, 3.8) is 0 Å². The number of nitrogens with one attached hydrogen (secondary N) is 1. The van der Waals surface area contributed by atoms with Gasteiger partial charge in [-0.25, -0.2) is 0 Å². The number of amides is 1. The number of aliphatic hydroxyl groups is 1. The molecule has 0 saturated heterocycles. The number of rotatable bonds is 7. The molecular weight excluding hydrogens is 429 g/mol. The Hall–Kier alpha value is -3.57. The lowest BCUT2D eigenvalue weighted by Gasteiger charge is -2.16. The highest BCUT2D eigenvalue weighted by molar-refractivity contribution is 5.95. The lowest BCUT2D eigenvalue weighted by atomic mass is 10.1. The van der Waals surface area contributed by atoms with Crippen molar-refractivity contribution in [3.05, 3.63) is 76.3 Å². The summed E-state index contributed by atoms with van der Waals surface area (Å²) in [6.07, 6.45) is -1.67. The molecule has 168 valence electrons. The fraction of sp³-hybridized carbons (Fsp3) is 0.238. The summed E-state index contributed by atoms with van der Waals surface area (Å²) in [5, 5.41) is 16.1. The van der Waals surface area contributed by atoms with Crippen LogP contribution in [0.5, 0.6) is 0 Å². The standard InChI is InChI=1S/C21H19F3N4O4/c1-32-12-15(11-29)26-19(30)17-9-18(13-4-6-14(7-5-13)21(22,23)24)27-28(20(17)31)16-3-2-8-25-10-16/h2-10,15,29H,11-12H2,1H3,(H,26,30)/t15-/m0/s1. The molecule has 2 aromatic heterocycles. The molecule has 0 saturated carbocycles. The van der Waals surface area contributed by atoms with Gasteiger partial charge in [-0.1, -0.05) is 12.1 Å². The lowest BCUT2D eigenvalue weighted by Crippen LogP contribution is -2.43. The molecule has 32 heavy (non-hydrogen) atoms. The number of aliphatic hydroxyl groups excluding tert-OH is 1. The molecule has 11 heteroatoms. The van der Waals surface area contributed by atoms with E-state index >= 15 is 0 Å². The number of pyridine rings is 1. The molecule has 0 fully saturated rings. The minimum Gasteiger partial charge on any atom is -0.394 e. The van der Waals surface area contributed by atoms with Crippen molar-refractivity contribution < 1.29 is 27.8 Å². The number of halogens is 3. The van der Waals surface area contributed by atoms with Crippen LogP contribution in [0.4, 0.5) is 13.2 Å². The van der Waals surface area contributed by atoms with E-state index in [1.54, 1.807) is 12.1 Å². The predicted octanol–water partition coefficient (Wildman–Crippen LogP) is 2.05. The van der Waals surface area contributed by atoms with Gasteiger partial charge in [0.2, 0.25) is 0 Å². The third-order valence-electron chi connectivity index (χ3n) is 4.48. The molecule has 0 spiro atoms. The number of alkyl halides is 3. The van der Waals surface area contributed by atoms with Crippen LogP contribution >= 0.6 is 0 Å². The van der Waals surface area contributed by atoms with Gasteiger partial charge in [-0.3, -0.25) is 14.6 Å². The number of ether oxygens (including phenoxy) is 1. The molecule has 1 aromatic carbocycles. The lowest BCUT2D eigenvalue weighted by molar-refractivity contribution is -0.137. The topological polar surface area (TPSA) is 106 Å². The summed E-state index contributed by atoms with van der Waals surface area (Å²) in [7, 11) is 1.39.